The van der Waals surface area contributed by atoms with Crippen LogP contribution in [-0.4, -0.2) is 27.4 Å². The van der Waals surface area contributed by atoms with Crippen molar-refractivity contribution < 1.29 is 22.7 Å². The average molecular weight is 348 g/mol. The maximum atomic E-state index is 12.6. The van der Waals surface area contributed by atoms with Crippen LogP contribution < -0.4 is 11.1 Å². The Morgan fingerprint density at radius 2 is 1.62 bits per heavy atom. The number of nitrogens with one attached hydrogen (secondary N) is 1. The Bertz CT molecular complexity index is 889. The molecular weight excluding hydrogens is 332 g/mol. The van der Waals surface area contributed by atoms with Crippen molar-refractivity contribution in [1.29, 1.82) is 0 Å². The Balaban J connectivity index is 2.38. The first-order valence-electron chi connectivity index (χ1n) is 6.86. The number of anilines is 2. The van der Waals surface area contributed by atoms with Crippen LogP contribution in [0.2, 0.25) is 0 Å². The van der Waals surface area contributed by atoms with Gasteiger partial charge in [-0.05, 0) is 42.5 Å². The van der Waals surface area contributed by atoms with Crippen molar-refractivity contribution in [3.63, 3.8) is 0 Å². The van der Waals surface area contributed by atoms with Gasteiger partial charge < -0.3 is 15.8 Å². The number of amides is 1. The molecule has 0 aliphatic rings. The summed E-state index contributed by atoms with van der Waals surface area (Å²) in [6, 6.07) is 9.42. The maximum absolute atomic E-state index is 12.6. The minimum atomic E-state index is -3.80. The molecule has 2 rings (SSSR count). The van der Waals surface area contributed by atoms with E-state index in [-0.39, 0.29) is 26.9 Å². The Hall–Kier alpha value is -2.87. The molecule has 0 aliphatic heterocycles. The lowest BCUT2D eigenvalue weighted by atomic mass is 10.2. The molecule has 0 saturated carbocycles. The number of nitrogen functional groups attached to an aromatic ring is 1. The molecule has 0 spiro atoms. The summed E-state index contributed by atoms with van der Waals surface area (Å²) in [4.78, 5) is 22.5. The Kier molecular flexibility index (Phi) is 4.89. The molecule has 0 fully saturated rings. The number of rotatable bonds is 4. The molecule has 1 amide bonds. The molecule has 0 radical (unpaired) electrons. The second-order valence-corrected chi connectivity index (χ2v) is 6.90. The molecule has 0 bridgehead atoms. The highest BCUT2D eigenvalue weighted by molar-refractivity contribution is 7.91. The number of esters is 1. The van der Waals surface area contributed by atoms with Gasteiger partial charge in [-0.3, -0.25) is 4.79 Å². The first-order valence-corrected chi connectivity index (χ1v) is 8.34. The zero-order chi connectivity index (χ0) is 17.9. The predicted molar refractivity (Wildman–Crippen MR) is 88.4 cm³/mol. The number of ether oxygens (including phenoxy) is 1. The zero-order valence-corrected chi connectivity index (χ0v) is 13.9. The second-order valence-electron chi connectivity index (χ2n) is 4.95. The Labute approximate surface area is 139 Å². The number of carbonyl (C=O) groups is 2. The van der Waals surface area contributed by atoms with Gasteiger partial charge in [0, 0.05) is 6.92 Å². The molecule has 7 nitrogen and oxygen atoms in total. The standard InChI is InChI=1S/C16H16N2O5S/c1-10(19)18-15-8-7-13(9-14(15)17)24(21,22)12-5-3-11(4-6-12)16(20)23-2/h3-9H,17H2,1-2H3,(H,18,19). The lowest BCUT2D eigenvalue weighted by Gasteiger charge is -2.10. The first-order chi connectivity index (χ1) is 11.3. The quantitative estimate of drug-likeness (QED) is 0.643. The van der Waals surface area contributed by atoms with Crippen molar-refractivity contribution in [1.82, 2.24) is 0 Å². The van der Waals surface area contributed by atoms with Crippen LogP contribution >= 0.6 is 0 Å². The summed E-state index contributed by atoms with van der Waals surface area (Å²) in [5.41, 5.74) is 6.51. The summed E-state index contributed by atoms with van der Waals surface area (Å²) in [6.07, 6.45) is 0. The molecule has 126 valence electrons. The maximum Gasteiger partial charge on any atom is 0.337 e. The minimum Gasteiger partial charge on any atom is -0.465 e. The largest absolute Gasteiger partial charge is 0.465 e. The number of carbonyl (C=O) groups excluding carboxylic acids is 2. The predicted octanol–water partition coefficient (Wildman–Crippen LogP) is 1.85. The van der Waals surface area contributed by atoms with Gasteiger partial charge in [0.25, 0.3) is 0 Å². The van der Waals surface area contributed by atoms with Gasteiger partial charge in [0.1, 0.15) is 0 Å². The smallest absolute Gasteiger partial charge is 0.337 e. The van der Waals surface area contributed by atoms with E-state index in [1.807, 2.05) is 0 Å². The first kappa shape index (κ1) is 17.5. The van der Waals surface area contributed by atoms with Crippen LogP contribution in [0.5, 0.6) is 0 Å². The summed E-state index contributed by atoms with van der Waals surface area (Å²) >= 11 is 0. The highest BCUT2D eigenvalue weighted by Crippen LogP contribution is 2.27. The van der Waals surface area contributed by atoms with E-state index >= 15 is 0 Å². The van der Waals surface area contributed by atoms with E-state index in [0.717, 1.165) is 0 Å². The van der Waals surface area contributed by atoms with Gasteiger partial charge in [0.15, 0.2) is 0 Å². The third-order valence-corrected chi connectivity index (χ3v) is 5.00. The molecule has 0 aliphatic carbocycles. The molecule has 0 heterocycles. The normalized spacial score (nSPS) is 10.9. The fourth-order valence-electron chi connectivity index (χ4n) is 2.04. The topological polar surface area (TPSA) is 116 Å². The van der Waals surface area contributed by atoms with Crippen molar-refractivity contribution in [3.05, 3.63) is 48.0 Å². The van der Waals surface area contributed by atoms with Crippen molar-refractivity contribution in [3.8, 4) is 0 Å². The number of methoxy groups -OCH3 is 1. The molecular formula is C16H16N2O5S. The number of nitrogens with two attached hydrogens (primary N) is 1. The lowest BCUT2D eigenvalue weighted by Crippen LogP contribution is -2.09. The van der Waals surface area contributed by atoms with Crippen LogP contribution in [0.4, 0.5) is 11.4 Å². The van der Waals surface area contributed by atoms with Crippen LogP contribution in [0.3, 0.4) is 0 Å². The van der Waals surface area contributed by atoms with Crippen LogP contribution in [0, 0.1) is 0 Å². The summed E-state index contributed by atoms with van der Waals surface area (Å²) in [7, 11) is -2.56. The average Bonchev–Trinajstić information content (AvgIpc) is 2.55. The third-order valence-electron chi connectivity index (χ3n) is 3.23. The van der Waals surface area contributed by atoms with Gasteiger partial charge in [-0.25, -0.2) is 13.2 Å². The molecule has 2 aromatic rings. The third kappa shape index (κ3) is 3.54. The number of hydrogen-bond donors (Lipinski definition) is 2. The van der Waals surface area contributed by atoms with Crippen LogP contribution in [0.1, 0.15) is 17.3 Å². The van der Waals surface area contributed by atoms with Gasteiger partial charge in [0.2, 0.25) is 15.7 Å². The number of hydrogen-bond acceptors (Lipinski definition) is 6. The molecule has 0 aromatic heterocycles. The molecule has 0 unspecified atom stereocenters. The Morgan fingerprint density at radius 3 is 2.12 bits per heavy atom. The van der Waals surface area contributed by atoms with E-state index in [4.69, 9.17) is 5.73 Å². The van der Waals surface area contributed by atoms with E-state index in [0.29, 0.717) is 5.69 Å². The van der Waals surface area contributed by atoms with Crippen LogP contribution in [-0.2, 0) is 19.4 Å². The fourth-order valence-corrected chi connectivity index (χ4v) is 3.33. The van der Waals surface area contributed by atoms with E-state index in [1.54, 1.807) is 0 Å². The van der Waals surface area contributed by atoms with Gasteiger partial charge in [-0.1, -0.05) is 0 Å². The monoisotopic (exact) mass is 348 g/mol. The highest BCUT2D eigenvalue weighted by atomic mass is 32.2. The van der Waals surface area contributed by atoms with Crippen molar-refractivity contribution in [2.45, 2.75) is 16.7 Å². The number of sulfone groups is 1. The van der Waals surface area contributed by atoms with Crippen LogP contribution in [0.25, 0.3) is 0 Å². The lowest BCUT2D eigenvalue weighted by molar-refractivity contribution is -0.114. The van der Waals surface area contributed by atoms with Crippen molar-refractivity contribution >= 4 is 33.1 Å². The minimum absolute atomic E-state index is 0.0140. The molecule has 2 aromatic carbocycles. The second kappa shape index (κ2) is 6.71. The molecule has 24 heavy (non-hydrogen) atoms. The molecule has 8 heteroatoms. The highest BCUT2D eigenvalue weighted by Gasteiger charge is 2.19. The van der Waals surface area contributed by atoms with Crippen molar-refractivity contribution in [2.24, 2.45) is 0 Å². The van der Waals surface area contributed by atoms with E-state index in [2.05, 4.69) is 10.1 Å². The van der Waals surface area contributed by atoms with Gasteiger partial charge in [-0.2, -0.15) is 0 Å². The molecule has 3 N–H and O–H groups in total. The zero-order valence-electron chi connectivity index (χ0n) is 13.1. The number of benzene rings is 2. The summed E-state index contributed by atoms with van der Waals surface area (Å²) in [5, 5.41) is 2.51. The van der Waals surface area contributed by atoms with Crippen LogP contribution in [0.15, 0.2) is 52.3 Å². The molecule has 0 atom stereocenters. The summed E-state index contributed by atoms with van der Waals surface area (Å²) < 4.78 is 29.8. The van der Waals surface area contributed by atoms with E-state index in [9.17, 15) is 18.0 Å². The Morgan fingerprint density at radius 1 is 1.04 bits per heavy atom. The fraction of sp³-hybridized carbons (Fsp3) is 0.125. The summed E-state index contributed by atoms with van der Waals surface area (Å²) in [5.74, 6) is -0.862. The van der Waals surface area contributed by atoms with E-state index in [1.165, 1.54) is 56.5 Å². The van der Waals surface area contributed by atoms with Gasteiger partial charge in [-0.15, -0.1) is 0 Å². The van der Waals surface area contributed by atoms with Crippen molar-refractivity contribution in [2.75, 3.05) is 18.2 Å². The SMILES string of the molecule is COC(=O)c1ccc(S(=O)(=O)c2ccc(NC(C)=O)c(N)c2)cc1. The van der Waals surface area contributed by atoms with E-state index < -0.39 is 15.8 Å². The van der Waals surface area contributed by atoms with Gasteiger partial charge >= 0.3 is 5.97 Å². The molecule has 0 saturated heterocycles. The van der Waals surface area contributed by atoms with Gasteiger partial charge in [0.05, 0.1) is 33.8 Å². The summed E-state index contributed by atoms with van der Waals surface area (Å²) in [6.45, 7) is 1.33.